The predicted octanol–water partition coefficient (Wildman–Crippen LogP) is 0.114. The third-order valence-electron chi connectivity index (χ3n) is 2.98. The van der Waals surface area contributed by atoms with Gasteiger partial charge in [-0.25, -0.2) is 4.79 Å². The summed E-state index contributed by atoms with van der Waals surface area (Å²) in [7, 11) is 0. The van der Waals surface area contributed by atoms with Crippen molar-refractivity contribution < 1.29 is 14.6 Å². The summed E-state index contributed by atoms with van der Waals surface area (Å²) in [5, 5.41) is 8.97. The van der Waals surface area contributed by atoms with Gasteiger partial charge in [0.1, 0.15) is 0 Å². The molecular weight excluding hydrogens is 208 g/mol. The molecule has 0 radical (unpaired) electrons. The van der Waals surface area contributed by atoms with Crippen LogP contribution in [0.2, 0.25) is 0 Å². The quantitative estimate of drug-likeness (QED) is 0.702. The van der Waals surface area contributed by atoms with E-state index in [-0.39, 0.29) is 0 Å². The van der Waals surface area contributed by atoms with Crippen LogP contribution in [0.15, 0.2) is 0 Å². The predicted molar refractivity (Wildman–Crippen MR) is 61.6 cm³/mol. The summed E-state index contributed by atoms with van der Waals surface area (Å²) in [6.45, 7) is 9.91. The van der Waals surface area contributed by atoms with Gasteiger partial charge in [0.05, 0.1) is 0 Å². The van der Waals surface area contributed by atoms with Crippen LogP contribution in [-0.4, -0.2) is 72.9 Å². The fourth-order valence-corrected chi connectivity index (χ4v) is 1.93. The molecule has 1 N–H and O–H groups in total. The molecule has 1 aliphatic rings. The lowest BCUT2D eigenvalue weighted by Crippen LogP contribution is -2.49. The summed E-state index contributed by atoms with van der Waals surface area (Å²) < 4.78 is 5.20. The number of aliphatic carboxylic acids is 1. The molecule has 0 saturated carbocycles. The van der Waals surface area contributed by atoms with Crippen molar-refractivity contribution in [2.45, 2.75) is 20.0 Å². The summed E-state index contributed by atoms with van der Waals surface area (Å²) in [5.74, 6) is -0.861. The van der Waals surface area contributed by atoms with Crippen LogP contribution in [0, 0.1) is 0 Å². The summed E-state index contributed by atoms with van der Waals surface area (Å²) in [6.07, 6.45) is -0.682. The molecule has 1 rings (SSSR count). The van der Waals surface area contributed by atoms with Gasteiger partial charge in [-0.3, -0.25) is 4.90 Å². The van der Waals surface area contributed by atoms with Crippen LogP contribution in [0.4, 0.5) is 0 Å². The number of carboxylic acid groups (broad SMARTS) is 1. The first-order valence-electron chi connectivity index (χ1n) is 5.96. The maximum Gasteiger partial charge on any atom is 0.334 e. The number of hydrogen-bond donors (Lipinski definition) is 1. The first kappa shape index (κ1) is 13.4. The topological polar surface area (TPSA) is 53.0 Å². The number of hydrogen-bond acceptors (Lipinski definition) is 4. The van der Waals surface area contributed by atoms with E-state index < -0.39 is 12.1 Å². The number of nitrogens with zero attached hydrogens (tertiary/aromatic N) is 2. The molecule has 0 aromatic rings. The second kappa shape index (κ2) is 6.83. The number of likely N-dealkylation sites (N-methyl/N-ethyl adjacent to an activating group) is 1. The Labute approximate surface area is 97.0 Å². The van der Waals surface area contributed by atoms with E-state index in [9.17, 15) is 4.79 Å². The van der Waals surface area contributed by atoms with E-state index in [0.717, 1.165) is 32.7 Å². The molecule has 1 unspecified atom stereocenters. The maximum atomic E-state index is 10.9. The van der Waals surface area contributed by atoms with E-state index >= 15 is 0 Å². The molecule has 0 aliphatic carbocycles. The van der Waals surface area contributed by atoms with Gasteiger partial charge in [0.15, 0.2) is 6.10 Å². The molecule has 0 amide bonds. The van der Waals surface area contributed by atoms with Gasteiger partial charge in [-0.15, -0.1) is 0 Å². The lowest BCUT2D eigenvalue weighted by Gasteiger charge is -2.35. The zero-order valence-electron chi connectivity index (χ0n) is 10.2. The van der Waals surface area contributed by atoms with E-state index in [1.807, 2.05) is 6.92 Å². The Bertz CT molecular complexity index is 215. The van der Waals surface area contributed by atoms with E-state index in [0.29, 0.717) is 13.2 Å². The number of carbonyl (C=O) groups is 1. The van der Waals surface area contributed by atoms with E-state index in [1.165, 1.54) is 0 Å². The summed E-state index contributed by atoms with van der Waals surface area (Å²) in [6, 6.07) is 0. The van der Waals surface area contributed by atoms with Crippen LogP contribution in [0.1, 0.15) is 13.8 Å². The van der Waals surface area contributed by atoms with Gasteiger partial charge < -0.3 is 14.7 Å². The molecule has 0 aromatic carbocycles. The average Bonchev–Trinajstić information content (AvgIpc) is 2.29. The Hall–Kier alpha value is -0.650. The van der Waals surface area contributed by atoms with E-state index in [1.54, 1.807) is 0 Å². The van der Waals surface area contributed by atoms with Gasteiger partial charge in [-0.05, 0) is 13.5 Å². The van der Waals surface area contributed by atoms with Crippen molar-refractivity contribution >= 4 is 5.97 Å². The van der Waals surface area contributed by atoms with Crippen LogP contribution in [0.25, 0.3) is 0 Å². The van der Waals surface area contributed by atoms with Crippen molar-refractivity contribution in [3.05, 3.63) is 0 Å². The van der Waals surface area contributed by atoms with Crippen LogP contribution in [0.5, 0.6) is 0 Å². The summed E-state index contributed by atoms with van der Waals surface area (Å²) >= 11 is 0. The van der Waals surface area contributed by atoms with Crippen LogP contribution < -0.4 is 0 Å². The van der Waals surface area contributed by atoms with E-state index in [2.05, 4.69) is 16.7 Å². The highest BCUT2D eigenvalue weighted by Gasteiger charge is 2.23. The molecule has 94 valence electrons. The zero-order chi connectivity index (χ0) is 12.0. The largest absolute Gasteiger partial charge is 0.479 e. The molecule has 0 spiro atoms. The molecule has 1 saturated heterocycles. The van der Waals surface area contributed by atoms with Crippen LogP contribution in [0.3, 0.4) is 0 Å². The molecule has 5 heteroatoms. The Morgan fingerprint density at radius 1 is 1.25 bits per heavy atom. The third-order valence-corrected chi connectivity index (χ3v) is 2.98. The lowest BCUT2D eigenvalue weighted by molar-refractivity contribution is -0.151. The summed E-state index contributed by atoms with van der Waals surface area (Å²) in [4.78, 5) is 15.5. The first-order chi connectivity index (χ1) is 7.67. The third kappa shape index (κ3) is 4.08. The molecule has 0 aromatic heterocycles. The number of rotatable bonds is 6. The monoisotopic (exact) mass is 230 g/mol. The minimum Gasteiger partial charge on any atom is -0.479 e. The highest BCUT2D eigenvalue weighted by atomic mass is 16.5. The van der Waals surface area contributed by atoms with Gasteiger partial charge in [-0.1, -0.05) is 6.92 Å². The number of carboxylic acids is 1. The van der Waals surface area contributed by atoms with Crippen molar-refractivity contribution in [3.63, 3.8) is 0 Å². The van der Waals surface area contributed by atoms with Crippen molar-refractivity contribution in [2.75, 3.05) is 45.9 Å². The normalized spacial score (nSPS) is 20.9. The molecule has 5 nitrogen and oxygen atoms in total. The summed E-state index contributed by atoms with van der Waals surface area (Å²) in [5.41, 5.74) is 0. The van der Waals surface area contributed by atoms with Crippen molar-refractivity contribution in [1.29, 1.82) is 0 Å². The smallest absolute Gasteiger partial charge is 0.334 e. The average molecular weight is 230 g/mol. The van der Waals surface area contributed by atoms with Crippen molar-refractivity contribution in [3.8, 4) is 0 Å². The van der Waals surface area contributed by atoms with Gasteiger partial charge in [-0.2, -0.15) is 0 Å². The maximum absolute atomic E-state index is 10.9. The Balaban J connectivity index is 2.33. The Morgan fingerprint density at radius 2 is 1.81 bits per heavy atom. The van der Waals surface area contributed by atoms with Crippen molar-refractivity contribution in [2.24, 2.45) is 0 Å². The molecule has 1 fully saturated rings. The molecule has 1 aliphatic heterocycles. The molecule has 1 heterocycles. The first-order valence-corrected chi connectivity index (χ1v) is 5.96. The molecule has 1 atom stereocenters. The SMILES string of the molecule is CCOC(CN1CCN(CC)CC1)C(=O)O. The minimum atomic E-state index is -0.861. The lowest BCUT2D eigenvalue weighted by atomic mass is 10.2. The van der Waals surface area contributed by atoms with Crippen LogP contribution >= 0.6 is 0 Å². The minimum absolute atomic E-state index is 0.450. The standard InChI is InChI=1S/C11H22N2O3/c1-3-12-5-7-13(8-6-12)9-10(11(14)15)16-4-2/h10H,3-9H2,1-2H3,(H,14,15). The fourth-order valence-electron chi connectivity index (χ4n) is 1.93. The Kier molecular flexibility index (Phi) is 5.73. The van der Waals surface area contributed by atoms with E-state index in [4.69, 9.17) is 9.84 Å². The fraction of sp³-hybridized carbons (Fsp3) is 0.909. The number of piperazine rings is 1. The molecular formula is C11H22N2O3. The van der Waals surface area contributed by atoms with Crippen molar-refractivity contribution in [1.82, 2.24) is 9.80 Å². The number of ether oxygens (including phenoxy) is 1. The molecule has 16 heavy (non-hydrogen) atoms. The highest BCUT2D eigenvalue weighted by Crippen LogP contribution is 2.04. The van der Waals surface area contributed by atoms with Gasteiger partial charge in [0.25, 0.3) is 0 Å². The zero-order valence-corrected chi connectivity index (χ0v) is 10.2. The highest BCUT2D eigenvalue weighted by molar-refractivity contribution is 5.72. The molecule has 0 bridgehead atoms. The second-order valence-electron chi connectivity index (χ2n) is 4.02. The second-order valence-corrected chi connectivity index (χ2v) is 4.02. The van der Waals surface area contributed by atoms with Gasteiger partial charge in [0, 0.05) is 39.3 Å². The Morgan fingerprint density at radius 3 is 2.25 bits per heavy atom. The van der Waals surface area contributed by atoms with Gasteiger partial charge in [0.2, 0.25) is 0 Å². The van der Waals surface area contributed by atoms with Crippen LogP contribution in [-0.2, 0) is 9.53 Å². The van der Waals surface area contributed by atoms with Gasteiger partial charge >= 0.3 is 5.97 Å².